The number of rotatable bonds is 32. The minimum absolute atomic E-state index is 0.00126. The number of aliphatic hydroxyl groups is 1. The van der Waals surface area contributed by atoms with Crippen LogP contribution in [0.5, 0.6) is 0 Å². The molecule has 22 heteroatoms. The van der Waals surface area contributed by atoms with Crippen LogP contribution in [0.25, 0.3) is 27.2 Å². The molecule has 8 rings (SSSR count). The first-order valence-corrected chi connectivity index (χ1v) is 28.3. The van der Waals surface area contributed by atoms with Crippen LogP contribution in [0.2, 0.25) is 0 Å². The number of anilines is 2. The van der Waals surface area contributed by atoms with E-state index in [2.05, 4.69) is 54.6 Å². The molecule has 0 spiro atoms. The molecule has 2 aromatic carbocycles. The second-order valence-corrected chi connectivity index (χ2v) is 21.8. The summed E-state index contributed by atoms with van der Waals surface area (Å²) in [5, 5.41) is 22.3. The number of hydrogen-bond donors (Lipinski definition) is 2. The van der Waals surface area contributed by atoms with Crippen molar-refractivity contribution in [2.24, 2.45) is 11.3 Å². The molecular weight excluding hydrogens is 1050 g/mol. The van der Waals surface area contributed by atoms with Crippen molar-refractivity contribution in [1.29, 1.82) is 0 Å². The molecular formula is C58H75N9O12S. The van der Waals surface area contributed by atoms with E-state index in [9.17, 15) is 24.3 Å². The monoisotopic (exact) mass is 1120 g/mol. The van der Waals surface area contributed by atoms with Crippen molar-refractivity contribution in [2.75, 3.05) is 122 Å². The van der Waals surface area contributed by atoms with Gasteiger partial charge in [-0.25, -0.2) is 9.97 Å². The summed E-state index contributed by atoms with van der Waals surface area (Å²) in [5.41, 5.74) is 7.93. The Morgan fingerprint density at radius 2 is 1.44 bits per heavy atom. The highest BCUT2D eigenvalue weighted by Gasteiger charge is 2.44. The number of ketones is 2. The number of hydrogen-bond acceptors (Lipinski definition) is 19. The molecule has 0 bridgehead atoms. The largest absolute Gasteiger partial charge is 0.467 e. The van der Waals surface area contributed by atoms with Crippen LogP contribution in [0.1, 0.15) is 57.1 Å². The number of Topliss-reactive ketones (excluding diaryl/α,β-unsaturated/α-hetero) is 2. The molecule has 2 aliphatic rings. The third-order valence-electron chi connectivity index (χ3n) is 14.2. The molecule has 6 aromatic rings. The zero-order valence-electron chi connectivity index (χ0n) is 46.3. The summed E-state index contributed by atoms with van der Waals surface area (Å²) in [6.45, 7) is 14.0. The topological polar surface area (TPSA) is 235 Å². The molecule has 2 aliphatic heterocycles. The SMILES string of the molecule is Cc1ncsc1-c1ccc(CCC(=O)[C@@H]2C[C@@H](O)CN2C(=O)[C@@H](CC(=O)COCCOCCOCCOCCOCCOCC(=O)N2CCN(c3ccc(-c4cnc(NCc5ccco5)n5cnnc45)cc3)CC2)C(C)(C)C)cc1. The molecule has 0 radical (unpaired) electrons. The highest BCUT2D eigenvalue weighted by Crippen LogP contribution is 2.35. The molecule has 0 saturated carbocycles. The van der Waals surface area contributed by atoms with Crippen molar-refractivity contribution in [3.05, 3.63) is 102 Å². The van der Waals surface area contributed by atoms with Gasteiger partial charge in [-0.15, -0.1) is 21.5 Å². The molecule has 430 valence electrons. The Bertz CT molecular complexity index is 2880. The first-order valence-electron chi connectivity index (χ1n) is 27.4. The Balaban J connectivity index is 0.603. The number of ether oxygens (including phenoxy) is 6. The van der Waals surface area contributed by atoms with Crippen molar-refractivity contribution >= 4 is 52.0 Å². The fourth-order valence-electron chi connectivity index (χ4n) is 9.68. The van der Waals surface area contributed by atoms with E-state index in [1.54, 1.807) is 30.1 Å². The van der Waals surface area contributed by atoms with Crippen LogP contribution in [-0.2, 0) is 60.6 Å². The minimum atomic E-state index is -0.810. The van der Waals surface area contributed by atoms with E-state index in [0.29, 0.717) is 104 Å². The van der Waals surface area contributed by atoms with Crippen molar-refractivity contribution < 1.29 is 57.1 Å². The second-order valence-electron chi connectivity index (χ2n) is 20.9. The number of piperazine rings is 1. The number of carbonyl (C=O) groups is 4. The van der Waals surface area contributed by atoms with Crippen molar-refractivity contribution in [1.82, 2.24) is 34.4 Å². The third-order valence-corrected chi connectivity index (χ3v) is 15.2. The molecule has 2 N–H and O–H groups in total. The molecule has 2 fully saturated rings. The quantitative estimate of drug-likeness (QED) is 0.0464. The fourth-order valence-corrected chi connectivity index (χ4v) is 10.5. The smallest absolute Gasteiger partial charge is 0.248 e. The maximum atomic E-state index is 14.0. The number of furan rings is 1. The summed E-state index contributed by atoms with van der Waals surface area (Å²) in [5.74, 6) is 0.0538. The van der Waals surface area contributed by atoms with Crippen LogP contribution in [0, 0.1) is 18.3 Å². The third kappa shape index (κ3) is 17.0. The Hall–Kier alpha value is -6.50. The zero-order chi connectivity index (χ0) is 56.3. The average Bonchev–Trinajstić information content (AvgIpc) is 4.32. The molecule has 2 saturated heterocycles. The van der Waals surface area contributed by atoms with Crippen LogP contribution < -0.4 is 10.2 Å². The van der Waals surface area contributed by atoms with Crippen molar-refractivity contribution in [2.45, 2.75) is 72.1 Å². The number of amides is 2. The van der Waals surface area contributed by atoms with Crippen LogP contribution in [0.15, 0.2) is 89.4 Å². The van der Waals surface area contributed by atoms with Gasteiger partial charge in [-0.2, -0.15) is 0 Å². The standard InChI is InChI=1S/C58H75N9O12S/c1-41-54(80-40-61-41)44-10-7-42(8-11-44)9-16-52(70)51-33-46(68)36-66(51)56(72)50(58(2,3)4)32-47(69)37-77-30-28-75-26-24-73-22-23-74-25-27-76-29-31-78-38-53(71)65-19-17-64(18-20-65)45-14-12-43(13-15-45)49-35-60-57(67-39-62-63-55(49)67)59-34-48-6-5-21-79-48/h5-8,10-15,21,35,39-40,46,50-51,68H,9,16-20,22-34,36-38H2,1-4H3,(H,59,60)/t46-,50-,51+/m1/s1. The Labute approximate surface area is 470 Å². The van der Waals surface area contributed by atoms with Crippen molar-refractivity contribution in [3.63, 3.8) is 0 Å². The number of benzene rings is 2. The van der Waals surface area contributed by atoms with Gasteiger partial charge in [-0.1, -0.05) is 57.2 Å². The van der Waals surface area contributed by atoms with E-state index in [-0.39, 0.29) is 75.6 Å². The number of aliphatic hydroxyl groups excluding tert-OH is 1. The maximum Gasteiger partial charge on any atom is 0.248 e. The predicted molar refractivity (Wildman–Crippen MR) is 300 cm³/mol. The lowest BCUT2D eigenvalue weighted by Crippen LogP contribution is -2.49. The molecule has 0 unspecified atom stereocenters. The van der Waals surface area contributed by atoms with Crippen molar-refractivity contribution in [3.8, 4) is 21.6 Å². The Kier molecular flexibility index (Phi) is 22.2. The van der Waals surface area contributed by atoms with Gasteiger partial charge in [0.1, 0.15) is 25.3 Å². The van der Waals surface area contributed by atoms with Gasteiger partial charge in [0.2, 0.25) is 17.8 Å². The number of likely N-dealkylation sites (tertiary alicyclic amines) is 1. The van der Waals surface area contributed by atoms with Gasteiger partial charge in [-0.3, -0.25) is 23.6 Å². The van der Waals surface area contributed by atoms with Crippen LogP contribution in [0.4, 0.5) is 11.6 Å². The Morgan fingerprint density at radius 1 is 0.800 bits per heavy atom. The van der Waals surface area contributed by atoms with Gasteiger partial charge in [-0.05, 0) is 59.7 Å². The molecule has 3 atom stereocenters. The van der Waals surface area contributed by atoms with Gasteiger partial charge in [0, 0.05) is 75.4 Å². The normalized spacial score (nSPS) is 16.2. The van der Waals surface area contributed by atoms with E-state index in [4.69, 9.17) is 32.8 Å². The van der Waals surface area contributed by atoms with E-state index in [1.165, 1.54) is 4.90 Å². The van der Waals surface area contributed by atoms with E-state index >= 15 is 0 Å². The van der Waals surface area contributed by atoms with E-state index < -0.39 is 23.5 Å². The number of thiazole rings is 1. The summed E-state index contributed by atoms with van der Waals surface area (Å²) in [6, 6.07) is 19.4. The number of nitrogens with zero attached hydrogens (tertiary/aromatic N) is 8. The summed E-state index contributed by atoms with van der Waals surface area (Å²) < 4.78 is 40.8. The van der Waals surface area contributed by atoms with Gasteiger partial charge < -0.3 is 58.0 Å². The van der Waals surface area contributed by atoms with Crippen LogP contribution >= 0.6 is 11.3 Å². The Morgan fingerprint density at radius 3 is 2.05 bits per heavy atom. The number of β-amino-alcohol motifs (C(OH)–C–C–N with tert-alkyl or cyclic N) is 1. The summed E-state index contributed by atoms with van der Waals surface area (Å²) in [6.07, 6.45) is 5.15. The molecule has 4 aromatic heterocycles. The average molecular weight is 1120 g/mol. The van der Waals surface area contributed by atoms with Gasteiger partial charge >= 0.3 is 0 Å². The summed E-state index contributed by atoms with van der Waals surface area (Å²) in [7, 11) is 0. The van der Waals surface area contributed by atoms with E-state index in [0.717, 1.165) is 44.3 Å². The first kappa shape index (κ1) is 59.6. The molecule has 80 heavy (non-hydrogen) atoms. The van der Waals surface area contributed by atoms with Gasteiger partial charge in [0.25, 0.3) is 0 Å². The summed E-state index contributed by atoms with van der Waals surface area (Å²) >= 11 is 1.59. The summed E-state index contributed by atoms with van der Waals surface area (Å²) in [4.78, 5) is 69.2. The van der Waals surface area contributed by atoms with E-state index in [1.807, 2.05) is 78.9 Å². The van der Waals surface area contributed by atoms with Gasteiger partial charge in [0.05, 0.1) is 107 Å². The van der Waals surface area contributed by atoms with Gasteiger partial charge in [0.15, 0.2) is 17.2 Å². The number of nitrogens with one attached hydrogen (secondary N) is 1. The first-order chi connectivity index (χ1) is 38.8. The molecule has 2 amide bonds. The molecule has 6 heterocycles. The number of carbonyl (C=O) groups excluding carboxylic acids is 4. The highest BCUT2D eigenvalue weighted by atomic mass is 32.1. The number of aryl methyl sites for hydroxylation is 2. The van der Waals surface area contributed by atoms with Crippen LogP contribution in [-0.4, -0.2) is 187 Å². The second kappa shape index (κ2) is 29.8. The highest BCUT2D eigenvalue weighted by molar-refractivity contribution is 7.13. The number of fused-ring (bicyclic) bond motifs is 1. The molecule has 0 aliphatic carbocycles. The fraction of sp³-hybridized carbons (Fsp3) is 0.517. The molecule has 21 nitrogen and oxygen atoms in total. The zero-order valence-corrected chi connectivity index (χ0v) is 47.1. The number of aromatic nitrogens is 5. The predicted octanol–water partition coefficient (Wildman–Crippen LogP) is 5.96. The lowest BCUT2D eigenvalue weighted by atomic mass is 9.76. The maximum absolute atomic E-state index is 14.0. The lowest BCUT2D eigenvalue weighted by molar-refractivity contribution is -0.146. The van der Waals surface area contributed by atoms with Crippen LogP contribution in [0.3, 0.4) is 0 Å². The lowest BCUT2D eigenvalue weighted by Gasteiger charge is -2.36. The minimum Gasteiger partial charge on any atom is -0.467 e.